The standard InChI is InChI=1S/C17H21O3P/c1-17(2,3)13-5-7-14(8-6-13)20-15-9-11-16(12-10-15)21(4,18)19/h5-12H,1-4H3,(H,18,19). The maximum Gasteiger partial charge on any atom is 0.226 e. The van der Waals surface area contributed by atoms with Gasteiger partial charge in [-0.15, -0.1) is 0 Å². The predicted molar refractivity (Wildman–Crippen MR) is 87.0 cm³/mol. The minimum absolute atomic E-state index is 0.115. The first kappa shape index (κ1) is 15.8. The summed E-state index contributed by atoms with van der Waals surface area (Å²) in [7, 11) is -3.20. The molecule has 1 N–H and O–H groups in total. The first-order valence-electron chi connectivity index (χ1n) is 6.85. The molecule has 0 radical (unpaired) electrons. The normalized spacial score (nSPS) is 14.5. The van der Waals surface area contributed by atoms with E-state index in [0.29, 0.717) is 11.1 Å². The Bertz CT molecular complexity index is 646. The molecule has 3 nitrogen and oxygen atoms in total. The summed E-state index contributed by atoms with van der Waals surface area (Å²) in [5, 5.41) is 0.429. The first-order valence-corrected chi connectivity index (χ1v) is 8.96. The van der Waals surface area contributed by atoms with Crippen LogP contribution in [0.4, 0.5) is 0 Å². The molecule has 4 heteroatoms. The molecule has 0 aliphatic carbocycles. The molecule has 0 saturated carbocycles. The van der Waals surface area contributed by atoms with Gasteiger partial charge in [0, 0.05) is 12.0 Å². The first-order chi connectivity index (χ1) is 9.66. The molecule has 0 aromatic heterocycles. The van der Waals surface area contributed by atoms with E-state index in [1.807, 2.05) is 12.1 Å². The average molecular weight is 304 g/mol. The third kappa shape index (κ3) is 4.20. The van der Waals surface area contributed by atoms with Crippen molar-refractivity contribution in [1.82, 2.24) is 0 Å². The Kier molecular flexibility index (Phi) is 4.27. The van der Waals surface area contributed by atoms with Gasteiger partial charge in [-0.3, -0.25) is 4.57 Å². The van der Waals surface area contributed by atoms with Crippen LogP contribution in [0.2, 0.25) is 0 Å². The Morgan fingerprint density at radius 1 is 0.905 bits per heavy atom. The van der Waals surface area contributed by atoms with Crippen LogP contribution in [0.5, 0.6) is 11.5 Å². The van der Waals surface area contributed by atoms with Crippen molar-refractivity contribution in [2.24, 2.45) is 0 Å². The van der Waals surface area contributed by atoms with Gasteiger partial charge in [0.05, 0.1) is 0 Å². The summed E-state index contributed by atoms with van der Waals surface area (Å²) in [4.78, 5) is 9.49. The number of benzene rings is 2. The Morgan fingerprint density at radius 3 is 1.71 bits per heavy atom. The second kappa shape index (κ2) is 5.67. The van der Waals surface area contributed by atoms with Gasteiger partial charge in [-0.2, -0.15) is 0 Å². The monoisotopic (exact) mass is 304 g/mol. The molecule has 1 unspecified atom stereocenters. The predicted octanol–water partition coefficient (Wildman–Crippen LogP) is 4.30. The molecule has 2 aromatic carbocycles. The lowest BCUT2D eigenvalue weighted by atomic mass is 9.87. The van der Waals surface area contributed by atoms with Crippen molar-refractivity contribution in [3.63, 3.8) is 0 Å². The SMILES string of the molecule is CC(C)(C)c1ccc(Oc2ccc(P(C)(=O)O)cc2)cc1. The van der Waals surface area contributed by atoms with Crippen molar-refractivity contribution >= 4 is 12.7 Å². The quantitative estimate of drug-likeness (QED) is 0.860. The van der Waals surface area contributed by atoms with Crippen molar-refractivity contribution in [3.8, 4) is 11.5 Å². The van der Waals surface area contributed by atoms with Gasteiger partial charge >= 0.3 is 0 Å². The summed E-state index contributed by atoms with van der Waals surface area (Å²) in [6.45, 7) is 7.83. The van der Waals surface area contributed by atoms with Crippen molar-refractivity contribution in [3.05, 3.63) is 54.1 Å². The van der Waals surface area contributed by atoms with Crippen LogP contribution in [0, 0.1) is 0 Å². The second-order valence-electron chi connectivity index (χ2n) is 6.25. The van der Waals surface area contributed by atoms with E-state index in [4.69, 9.17) is 4.74 Å². The van der Waals surface area contributed by atoms with E-state index >= 15 is 0 Å². The Balaban J connectivity index is 2.13. The average Bonchev–Trinajstić information content (AvgIpc) is 2.38. The lowest BCUT2D eigenvalue weighted by Gasteiger charge is -2.19. The fourth-order valence-corrected chi connectivity index (χ4v) is 2.65. The molecule has 0 fully saturated rings. The zero-order valence-corrected chi connectivity index (χ0v) is 13.7. The third-order valence-electron chi connectivity index (χ3n) is 3.27. The van der Waals surface area contributed by atoms with Gasteiger partial charge in [0.25, 0.3) is 0 Å². The summed E-state index contributed by atoms with van der Waals surface area (Å²) < 4.78 is 17.3. The van der Waals surface area contributed by atoms with Gasteiger partial charge in [-0.25, -0.2) is 0 Å². The molecule has 112 valence electrons. The molecule has 2 aromatic rings. The highest BCUT2D eigenvalue weighted by Crippen LogP contribution is 2.34. The minimum atomic E-state index is -3.20. The highest BCUT2D eigenvalue weighted by Gasteiger charge is 2.14. The summed E-state index contributed by atoms with van der Waals surface area (Å²) in [6.07, 6.45) is 0. The molecule has 0 saturated heterocycles. The molecule has 2 rings (SSSR count). The van der Waals surface area contributed by atoms with Crippen molar-refractivity contribution in [2.75, 3.05) is 6.66 Å². The summed E-state index contributed by atoms with van der Waals surface area (Å²) in [5.74, 6) is 1.40. The van der Waals surface area contributed by atoms with E-state index in [0.717, 1.165) is 5.75 Å². The van der Waals surface area contributed by atoms with Crippen LogP contribution in [0.1, 0.15) is 26.3 Å². The fourth-order valence-electron chi connectivity index (χ4n) is 1.95. The lowest BCUT2D eigenvalue weighted by Crippen LogP contribution is -2.10. The molecule has 0 aliphatic rings. The van der Waals surface area contributed by atoms with E-state index < -0.39 is 7.37 Å². The van der Waals surface area contributed by atoms with Gasteiger partial charge < -0.3 is 9.63 Å². The highest BCUT2D eigenvalue weighted by molar-refractivity contribution is 7.65. The van der Waals surface area contributed by atoms with E-state index in [2.05, 4.69) is 32.9 Å². The van der Waals surface area contributed by atoms with E-state index in [1.54, 1.807) is 24.3 Å². The van der Waals surface area contributed by atoms with Crippen molar-refractivity contribution < 1.29 is 14.2 Å². The van der Waals surface area contributed by atoms with Crippen molar-refractivity contribution in [2.45, 2.75) is 26.2 Å². The molecular weight excluding hydrogens is 283 g/mol. The van der Waals surface area contributed by atoms with Crippen LogP contribution in [-0.2, 0) is 9.98 Å². The van der Waals surface area contributed by atoms with Gasteiger partial charge in [0.15, 0.2) is 0 Å². The van der Waals surface area contributed by atoms with Crippen LogP contribution in [0.25, 0.3) is 0 Å². The van der Waals surface area contributed by atoms with Gasteiger partial charge in [0.1, 0.15) is 11.5 Å². The summed E-state index contributed by atoms with van der Waals surface area (Å²) >= 11 is 0. The van der Waals surface area contributed by atoms with Crippen LogP contribution < -0.4 is 10.0 Å². The largest absolute Gasteiger partial charge is 0.457 e. The maximum absolute atomic E-state index is 11.5. The van der Waals surface area contributed by atoms with E-state index in [9.17, 15) is 9.46 Å². The number of hydrogen-bond acceptors (Lipinski definition) is 2. The second-order valence-corrected chi connectivity index (χ2v) is 8.52. The molecule has 0 heterocycles. The molecule has 0 amide bonds. The number of hydrogen-bond donors (Lipinski definition) is 1. The minimum Gasteiger partial charge on any atom is -0.457 e. The van der Waals surface area contributed by atoms with Crippen LogP contribution in [-0.4, -0.2) is 11.6 Å². The Labute approximate surface area is 126 Å². The van der Waals surface area contributed by atoms with Crippen molar-refractivity contribution in [1.29, 1.82) is 0 Å². The topological polar surface area (TPSA) is 46.5 Å². The number of ether oxygens (including phenoxy) is 1. The molecular formula is C17H21O3P. The maximum atomic E-state index is 11.5. The molecule has 0 aliphatic heterocycles. The number of rotatable bonds is 3. The zero-order valence-electron chi connectivity index (χ0n) is 12.8. The Hall–Kier alpha value is -1.57. The molecule has 0 spiro atoms. The van der Waals surface area contributed by atoms with Crippen LogP contribution in [0.15, 0.2) is 48.5 Å². The smallest absolute Gasteiger partial charge is 0.226 e. The molecule has 0 bridgehead atoms. The van der Waals surface area contributed by atoms with Gasteiger partial charge in [-0.1, -0.05) is 32.9 Å². The lowest BCUT2D eigenvalue weighted by molar-refractivity contribution is 0.481. The van der Waals surface area contributed by atoms with E-state index in [1.165, 1.54) is 12.2 Å². The van der Waals surface area contributed by atoms with Crippen LogP contribution >= 0.6 is 7.37 Å². The zero-order chi connectivity index (χ0) is 15.7. The molecule has 1 atom stereocenters. The fraction of sp³-hybridized carbons (Fsp3) is 0.294. The third-order valence-corrected chi connectivity index (χ3v) is 4.53. The molecule has 21 heavy (non-hydrogen) atoms. The van der Waals surface area contributed by atoms with Crippen LogP contribution in [0.3, 0.4) is 0 Å². The summed E-state index contributed by atoms with van der Waals surface area (Å²) in [5.41, 5.74) is 1.36. The highest BCUT2D eigenvalue weighted by atomic mass is 31.2. The Morgan fingerprint density at radius 2 is 1.33 bits per heavy atom. The van der Waals surface area contributed by atoms with Gasteiger partial charge in [-0.05, 0) is 47.4 Å². The van der Waals surface area contributed by atoms with E-state index in [-0.39, 0.29) is 5.41 Å². The van der Waals surface area contributed by atoms with Gasteiger partial charge in [0.2, 0.25) is 7.37 Å². The summed E-state index contributed by atoms with van der Waals surface area (Å²) in [6, 6.07) is 14.6.